The van der Waals surface area contributed by atoms with E-state index >= 15 is 0 Å². The molecule has 3 nitrogen and oxygen atoms in total. The van der Waals surface area contributed by atoms with E-state index in [4.69, 9.17) is 0 Å². The first kappa shape index (κ1) is 12.0. The molecule has 0 unspecified atom stereocenters. The van der Waals surface area contributed by atoms with Crippen LogP contribution >= 0.6 is 0 Å². The Morgan fingerprint density at radius 2 is 2.00 bits per heavy atom. The van der Waals surface area contributed by atoms with E-state index in [0.29, 0.717) is 11.5 Å². The number of hydrogen-bond acceptors (Lipinski definition) is 2. The summed E-state index contributed by atoms with van der Waals surface area (Å²) in [6.45, 7) is 0. The van der Waals surface area contributed by atoms with Gasteiger partial charge >= 0.3 is 0 Å². The summed E-state index contributed by atoms with van der Waals surface area (Å²) in [5.74, 6) is 0.566. The van der Waals surface area contributed by atoms with Gasteiger partial charge in [0.05, 0.1) is 0 Å². The lowest BCUT2D eigenvalue weighted by Gasteiger charge is -2.22. The van der Waals surface area contributed by atoms with Gasteiger partial charge in [0.25, 0.3) is 5.91 Å². The molecule has 0 aliphatic heterocycles. The monoisotopic (exact) mass is 233 g/mol. The Hall–Kier alpha value is -1.51. The molecule has 0 heterocycles. The average Bonchev–Trinajstić information content (AvgIpc) is 2.38. The highest BCUT2D eigenvalue weighted by Gasteiger charge is 2.19. The zero-order valence-electron chi connectivity index (χ0n) is 10.2. The van der Waals surface area contributed by atoms with E-state index in [1.165, 1.54) is 19.3 Å². The van der Waals surface area contributed by atoms with Crippen LogP contribution in [0.1, 0.15) is 53.9 Å². The van der Waals surface area contributed by atoms with Crippen molar-refractivity contribution >= 4 is 5.91 Å². The Morgan fingerprint density at radius 3 is 2.59 bits per heavy atom. The van der Waals surface area contributed by atoms with E-state index < -0.39 is 0 Å². The van der Waals surface area contributed by atoms with Gasteiger partial charge in [-0.1, -0.05) is 25.3 Å². The highest BCUT2D eigenvalue weighted by Crippen LogP contribution is 2.37. The number of rotatable bonds is 2. The molecular formula is C14H19NO2. The average molecular weight is 233 g/mol. The molecule has 1 aliphatic carbocycles. The Balaban J connectivity index is 2.21. The van der Waals surface area contributed by atoms with Crippen molar-refractivity contribution in [3.05, 3.63) is 29.3 Å². The second kappa shape index (κ2) is 5.21. The van der Waals surface area contributed by atoms with Crippen molar-refractivity contribution in [2.45, 2.75) is 38.0 Å². The third kappa shape index (κ3) is 2.60. The van der Waals surface area contributed by atoms with Crippen LogP contribution in [-0.2, 0) is 0 Å². The van der Waals surface area contributed by atoms with Crippen molar-refractivity contribution in [2.75, 3.05) is 7.05 Å². The van der Waals surface area contributed by atoms with Gasteiger partial charge in [0.2, 0.25) is 0 Å². The maximum atomic E-state index is 11.4. The van der Waals surface area contributed by atoms with Gasteiger partial charge in [-0.15, -0.1) is 0 Å². The fourth-order valence-electron chi connectivity index (χ4n) is 2.59. The van der Waals surface area contributed by atoms with Crippen LogP contribution in [0.15, 0.2) is 18.2 Å². The third-order valence-corrected chi connectivity index (χ3v) is 3.56. The summed E-state index contributed by atoms with van der Waals surface area (Å²) in [5.41, 5.74) is 1.52. The van der Waals surface area contributed by atoms with Gasteiger partial charge in [0.15, 0.2) is 0 Å². The largest absolute Gasteiger partial charge is 0.508 e. The molecule has 0 atom stereocenters. The van der Waals surface area contributed by atoms with Crippen molar-refractivity contribution in [1.82, 2.24) is 5.32 Å². The van der Waals surface area contributed by atoms with E-state index in [1.54, 1.807) is 19.2 Å². The Labute approximate surface area is 102 Å². The highest BCUT2D eigenvalue weighted by atomic mass is 16.3. The summed E-state index contributed by atoms with van der Waals surface area (Å²) >= 11 is 0. The van der Waals surface area contributed by atoms with Crippen molar-refractivity contribution < 1.29 is 9.90 Å². The van der Waals surface area contributed by atoms with E-state index in [0.717, 1.165) is 18.4 Å². The summed E-state index contributed by atoms with van der Waals surface area (Å²) in [6.07, 6.45) is 6.07. The Bertz CT molecular complexity index is 409. The van der Waals surface area contributed by atoms with Crippen LogP contribution in [0.25, 0.3) is 0 Å². The summed E-state index contributed by atoms with van der Waals surface area (Å²) < 4.78 is 0. The van der Waals surface area contributed by atoms with Gasteiger partial charge in [-0.2, -0.15) is 0 Å². The molecule has 1 aromatic rings. The molecule has 3 heteroatoms. The molecule has 0 aromatic heterocycles. The molecule has 0 bridgehead atoms. The highest BCUT2D eigenvalue weighted by molar-refractivity contribution is 5.94. The Kier molecular flexibility index (Phi) is 3.67. The van der Waals surface area contributed by atoms with Gasteiger partial charge in [-0.3, -0.25) is 4.79 Å². The minimum absolute atomic E-state index is 0.157. The molecule has 2 N–H and O–H groups in total. The number of nitrogens with one attached hydrogen (secondary N) is 1. The first-order chi connectivity index (χ1) is 8.22. The minimum atomic E-state index is -0.157. The van der Waals surface area contributed by atoms with Crippen LogP contribution in [0.3, 0.4) is 0 Å². The molecule has 2 rings (SSSR count). The molecule has 1 aromatic carbocycles. The lowest BCUT2D eigenvalue weighted by Crippen LogP contribution is -2.17. The number of carbonyl (C=O) groups is 1. The van der Waals surface area contributed by atoms with Gasteiger partial charge < -0.3 is 10.4 Å². The van der Waals surface area contributed by atoms with Crippen molar-refractivity contribution in [3.8, 4) is 5.75 Å². The maximum Gasteiger partial charge on any atom is 0.251 e. The van der Waals surface area contributed by atoms with E-state index in [2.05, 4.69) is 5.32 Å². The topological polar surface area (TPSA) is 49.3 Å². The van der Waals surface area contributed by atoms with Crippen LogP contribution < -0.4 is 5.32 Å². The fraction of sp³-hybridized carbons (Fsp3) is 0.500. The molecule has 1 fully saturated rings. The molecule has 1 aliphatic rings. The standard InChI is InChI=1S/C14H19NO2/c1-15-14(17)11-7-8-12(13(16)9-11)10-5-3-2-4-6-10/h7-10,16H,2-6H2,1H3,(H,15,17). The lowest BCUT2D eigenvalue weighted by atomic mass is 9.83. The predicted molar refractivity (Wildman–Crippen MR) is 67.3 cm³/mol. The molecule has 1 saturated carbocycles. The zero-order chi connectivity index (χ0) is 12.3. The zero-order valence-corrected chi connectivity index (χ0v) is 10.2. The summed E-state index contributed by atoms with van der Waals surface area (Å²) in [5, 5.41) is 12.6. The van der Waals surface area contributed by atoms with Crippen LogP contribution in [0.4, 0.5) is 0 Å². The fourth-order valence-corrected chi connectivity index (χ4v) is 2.59. The number of aromatic hydroxyl groups is 1. The van der Waals surface area contributed by atoms with Gasteiger partial charge in [0.1, 0.15) is 5.75 Å². The number of phenolic OH excluding ortho intramolecular Hbond substituents is 1. The summed E-state index contributed by atoms with van der Waals surface area (Å²) in [4.78, 5) is 11.4. The van der Waals surface area contributed by atoms with Crippen molar-refractivity contribution in [2.24, 2.45) is 0 Å². The number of benzene rings is 1. The van der Waals surface area contributed by atoms with E-state index in [9.17, 15) is 9.90 Å². The quantitative estimate of drug-likeness (QED) is 0.825. The molecule has 0 spiro atoms. The molecular weight excluding hydrogens is 214 g/mol. The van der Waals surface area contributed by atoms with E-state index in [1.807, 2.05) is 6.07 Å². The molecule has 92 valence electrons. The molecule has 0 radical (unpaired) electrons. The predicted octanol–water partition coefficient (Wildman–Crippen LogP) is 2.80. The first-order valence-electron chi connectivity index (χ1n) is 6.27. The lowest BCUT2D eigenvalue weighted by molar-refractivity contribution is 0.0962. The second-order valence-electron chi connectivity index (χ2n) is 4.69. The minimum Gasteiger partial charge on any atom is -0.508 e. The van der Waals surface area contributed by atoms with Crippen LogP contribution in [0.5, 0.6) is 5.75 Å². The van der Waals surface area contributed by atoms with Gasteiger partial charge in [-0.05, 0) is 36.5 Å². The SMILES string of the molecule is CNC(=O)c1ccc(C2CCCCC2)c(O)c1. The first-order valence-corrected chi connectivity index (χ1v) is 6.27. The van der Waals surface area contributed by atoms with Crippen LogP contribution in [0.2, 0.25) is 0 Å². The van der Waals surface area contributed by atoms with Crippen LogP contribution in [0, 0.1) is 0 Å². The van der Waals surface area contributed by atoms with E-state index in [-0.39, 0.29) is 11.7 Å². The summed E-state index contributed by atoms with van der Waals surface area (Å²) in [7, 11) is 1.59. The van der Waals surface area contributed by atoms with Gasteiger partial charge in [-0.25, -0.2) is 0 Å². The molecule has 1 amide bonds. The van der Waals surface area contributed by atoms with Crippen molar-refractivity contribution in [3.63, 3.8) is 0 Å². The van der Waals surface area contributed by atoms with Gasteiger partial charge in [0, 0.05) is 12.6 Å². The number of amides is 1. The third-order valence-electron chi connectivity index (χ3n) is 3.56. The smallest absolute Gasteiger partial charge is 0.251 e. The summed E-state index contributed by atoms with van der Waals surface area (Å²) in [6, 6.07) is 5.27. The molecule has 0 saturated heterocycles. The van der Waals surface area contributed by atoms with Crippen LogP contribution in [-0.4, -0.2) is 18.1 Å². The number of carbonyl (C=O) groups excluding carboxylic acids is 1. The number of hydrogen-bond donors (Lipinski definition) is 2. The van der Waals surface area contributed by atoms with Crippen molar-refractivity contribution in [1.29, 1.82) is 0 Å². The normalized spacial score (nSPS) is 16.8. The molecule has 17 heavy (non-hydrogen) atoms. The maximum absolute atomic E-state index is 11.4. The number of phenols is 1. The second-order valence-corrected chi connectivity index (χ2v) is 4.69. The Morgan fingerprint density at radius 1 is 1.29 bits per heavy atom.